The third-order valence-electron chi connectivity index (χ3n) is 8.05. The lowest BCUT2D eigenvalue weighted by molar-refractivity contribution is -0.137. The first-order chi connectivity index (χ1) is 20.5. The molecule has 2 fully saturated rings. The van der Waals surface area contributed by atoms with E-state index in [1.54, 1.807) is 35.2 Å². The van der Waals surface area contributed by atoms with Gasteiger partial charge in [0.05, 0.1) is 19.3 Å². The molecule has 3 aromatic carbocycles. The van der Waals surface area contributed by atoms with Crippen LogP contribution >= 0.6 is 0 Å². The van der Waals surface area contributed by atoms with Gasteiger partial charge in [0.2, 0.25) is 5.91 Å². The summed E-state index contributed by atoms with van der Waals surface area (Å²) in [5, 5.41) is 2.69. The van der Waals surface area contributed by atoms with Crippen molar-refractivity contribution in [2.24, 2.45) is 0 Å². The number of nitrogens with one attached hydrogen (secondary N) is 1. The number of benzene rings is 3. The molecule has 0 aliphatic carbocycles. The molecule has 0 radical (unpaired) electrons. The Labute approximate surface area is 247 Å². The van der Waals surface area contributed by atoms with Crippen molar-refractivity contribution in [3.8, 4) is 5.75 Å². The number of methoxy groups -OCH3 is 1. The number of carbonyl (C=O) groups excluding carboxylic acids is 3. The quantitative estimate of drug-likeness (QED) is 0.442. The molecular formula is C32H32F3N3O5. The van der Waals surface area contributed by atoms with Crippen molar-refractivity contribution in [3.63, 3.8) is 0 Å². The van der Waals surface area contributed by atoms with Gasteiger partial charge < -0.3 is 19.7 Å². The van der Waals surface area contributed by atoms with Gasteiger partial charge in [-0.25, -0.2) is 0 Å². The van der Waals surface area contributed by atoms with E-state index in [4.69, 9.17) is 9.47 Å². The van der Waals surface area contributed by atoms with Gasteiger partial charge >= 0.3 is 6.18 Å². The number of amides is 3. The topological polar surface area (TPSA) is 88.2 Å². The van der Waals surface area contributed by atoms with Gasteiger partial charge in [0, 0.05) is 43.6 Å². The predicted octanol–water partition coefficient (Wildman–Crippen LogP) is 4.81. The third kappa shape index (κ3) is 6.22. The number of aryl methyl sites for hydroxylation is 1. The molecule has 0 aromatic heterocycles. The molecule has 3 aromatic rings. The Kier molecular flexibility index (Phi) is 8.45. The van der Waals surface area contributed by atoms with Gasteiger partial charge in [0.1, 0.15) is 17.5 Å². The van der Waals surface area contributed by atoms with Gasteiger partial charge in [0.25, 0.3) is 11.8 Å². The van der Waals surface area contributed by atoms with Crippen LogP contribution in [0.5, 0.6) is 5.75 Å². The van der Waals surface area contributed by atoms with Gasteiger partial charge in [-0.3, -0.25) is 19.3 Å². The normalized spacial score (nSPS) is 18.0. The second-order valence-electron chi connectivity index (χ2n) is 10.7. The van der Waals surface area contributed by atoms with Crippen molar-refractivity contribution in [2.75, 3.05) is 26.8 Å². The summed E-state index contributed by atoms with van der Waals surface area (Å²) in [4.78, 5) is 43.9. The maximum absolute atomic E-state index is 14.0. The smallest absolute Gasteiger partial charge is 0.416 e. The molecule has 1 N–H and O–H groups in total. The Morgan fingerprint density at radius 1 is 0.977 bits per heavy atom. The van der Waals surface area contributed by atoms with Gasteiger partial charge in [0.15, 0.2) is 0 Å². The van der Waals surface area contributed by atoms with Crippen molar-refractivity contribution < 1.29 is 37.0 Å². The summed E-state index contributed by atoms with van der Waals surface area (Å²) in [5.74, 6) is -0.538. The molecule has 0 saturated carbocycles. The molecule has 0 unspecified atom stereocenters. The van der Waals surface area contributed by atoms with Gasteiger partial charge in [-0.15, -0.1) is 0 Å². The van der Waals surface area contributed by atoms with Crippen molar-refractivity contribution in [2.45, 2.75) is 44.3 Å². The van der Waals surface area contributed by atoms with Crippen LogP contribution in [0.4, 0.5) is 13.2 Å². The highest BCUT2D eigenvalue weighted by Crippen LogP contribution is 2.39. The Morgan fingerprint density at radius 3 is 2.33 bits per heavy atom. The second-order valence-corrected chi connectivity index (χ2v) is 10.7. The molecule has 1 atom stereocenters. The molecule has 11 heteroatoms. The minimum atomic E-state index is -4.51. The maximum atomic E-state index is 14.0. The first kappa shape index (κ1) is 30.1. The summed E-state index contributed by atoms with van der Waals surface area (Å²) in [6.07, 6.45) is -3.95. The van der Waals surface area contributed by atoms with E-state index < -0.39 is 35.3 Å². The lowest BCUT2D eigenvalue weighted by atomic mass is 9.95. The van der Waals surface area contributed by atoms with Crippen LogP contribution in [-0.2, 0) is 22.3 Å². The molecule has 3 amide bonds. The number of piperidine rings is 1. The Hall–Kier alpha value is -4.38. The lowest BCUT2D eigenvalue weighted by Gasteiger charge is -2.44. The molecule has 2 saturated heterocycles. The van der Waals surface area contributed by atoms with E-state index in [0.29, 0.717) is 30.0 Å². The van der Waals surface area contributed by atoms with Crippen LogP contribution in [0.25, 0.3) is 0 Å². The highest BCUT2D eigenvalue weighted by molar-refractivity contribution is 5.99. The SMILES string of the molecule is COc1ccc(C(=O)N2[C@H](C(=O)NCc3cccc(C(F)(F)F)c3)COC23CCN(C(=O)c2ccccc2C)CC3)cc1. The lowest BCUT2D eigenvalue weighted by Crippen LogP contribution is -2.59. The minimum Gasteiger partial charge on any atom is -0.497 e. The summed E-state index contributed by atoms with van der Waals surface area (Å²) < 4.78 is 51.0. The zero-order valence-electron chi connectivity index (χ0n) is 23.8. The number of alkyl halides is 3. The number of hydrogen-bond acceptors (Lipinski definition) is 5. The van der Waals surface area contributed by atoms with Crippen LogP contribution in [0.1, 0.15) is 50.2 Å². The van der Waals surface area contributed by atoms with Crippen LogP contribution < -0.4 is 10.1 Å². The van der Waals surface area contributed by atoms with Crippen LogP contribution in [-0.4, -0.2) is 66.1 Å². The van der Waals surface area contributed by atoms with Crippen molar-refractivity contribution in [1.82, 2.24) is 15.1 Å². The van der Waals surface area contributed by atoms with Crippen LogP contribution in [0.2, 0.25) is 0 Å². The number of rotatable bonds is 6. The Balaban J connectivity index is 1.36. The highest BCUT2D eigenvalue weighted by Gasteiger charge is 2.54. The van der Waals surface area contributed by atoms with E-state index in [9.17, 15) is 27.6 Å². The molecule has 2 aliphatic heterocycles. The van der Waals surface area contributed by atoms with Crippen molar-refractivity contribution >= 4 is 17.7 Å². The first-order valence-electron chi connectivity index (χ1n) is 13.9. The fourth-order valence-electron chi connectivity index (χ4n) is 5.65. The minimum absolute atomic E-state index is 0.0952. The van der Waals surface area contributed by atoms with Crippen LogP contribution in [0.3, 0.4) is 0 Å². The Bertz CT molecular complexity index is 1500. The zero-order chi connectivity index (χ0) is 30.8. The molecule has 5 rings (SSSR count). The van der Waals surface area contributed by atoms with Gasteiger partial charge in [-0.2, -0.15) is 13.2 Å². The molecule has 2 aliphatic rings. The number of ether oxygens (including phenoxy) is 2. The first-order valence-corrected chi connectivity index (χ1v) is 13.9. The fourth-order valence-corrected chi connectivity index (χ4v) is 5.65. The average Bonchev–Trinajstić information content (AvgIpc) is 3.38. The van der Waals surface area contributed by atoms with E-state index in [-0.39, 0.29) is 37.5 Å². The molecular weight excluding hydrogens is 563 g/mol. The van der Waals surface area contributed by atoms with Crippen molar-refractivity contribution in [3.05, 3.63) is 101 Å². The standard InChI is InChI=1S/C32H32F3N3O5/c1-21-6-3-4-9-26(21)30(41)37-16-14-31(15-17-37)38(29(40)23-10-12-25(42-2)13-11-23)27(20-43-31)28(39)36-19-22-7-5-8-24(18-22)32(33,34)35/h3-13,18,27H,14-17,19-20H2,1-2H3,(H,36,39)/t27-/m0/s1. The van der Waals surface area contributed by atoms with Crippen molar-refractivity contribution in [1.29, 1.82) is 0 Å². The van der Waals surface area contributed by atoms with E-state index >= 15 is 0 Å². The maximum Gasteiger partial charge on any atom is 0.416 e. The van der Waals surface area contributed by atoms with Crippen LogP contribution in [0.15, 0.2) is 72.8 Å². The average molecular weight is 596 g/mol. The molecule has 1 spiro atoms. The van der Waals surface area contributed by atoms with E-state index in [0.717, 1.165) is 17.7 Å². The number of hydrogen-bond donors (Lipinski definition) is 1. The molecule has 43 heavy (non-hydrogen) atoms. The summed E-state index contributed by atoms with van der Waals surface area (Å²) in [6, 6.07) is 17.5. The molecule has 0 bridgehead atoms. The zero-order valence-corrected chi connectivity index (χ0v) is 23.8. The van der Waals surface area contributed by atoms with E-state index in [2.05, 4.69) is 5.32 Å². The summed E-state index contributed by atoms with van der Waals surface area (Å²) in [5.41, 5.74) is 0.0958. The largest absolute Gasteiger partial charge is 0.497 e. The summed E-state index contributed by atoms with van der Waals surface area (Å²) >= 11 is 0. The molecule has 226 valence electrons. The second kappa shape index (κ2) is 12.1. The molecule has 8 nitrogen and oxygen atoms in total. The van der Waals surface area contributed by atoms with E-state index in [1.807, 2.05) is 25.1 Å². The number of halogens is 3. The number of likely N-dealkylation sites (tertiary alicyclic amines) is 1. The Morgan fingerprint density at radius 2 is 1.67 bits per heavy atom. The number of carbonyl (C=O) groups is 3. The summed E-state index contributed by atoms with van der Waals surface area (Å²) in [7, 11) is 1.51. The predicted molar refractivity (Wildman–Crippen MR) is 151 cm³/mol. The van der Waals surface area contributed by atoms with Gasteiger partial charge in [-0.05, 0) is 60.5 Å². The highest BCUT2D eigenvalue weighted by atomic mass is 19.4. The fraction of sp³-hybridized carbons (Fsp3) is 0.344. The van der Waals surface area contributed by atoms with Crippen LogP contribution in [0, 0.1) is 6.92 Å². The molecule has 2 heterocycles. The van der Waals surface area contributed by atoms with E-state index in [1.165, 1.54) is 24.1 Å². The monoisotopic (exact) mass is 595 g/mol. The summed E-state index contributed by atoms with van der Waals surface area (Å²) in [6.45, 7) is 2.23. The third-order valence-corrected chi connectivity index (χ3v) is 8.05. The number of nitrogens with zero attached hydrogens (tertiary/aromatic N) is 2. The van der Waals surface area contributed by atoms with Gasteiger partial charge in [-0.1, -0.05) is 30.3 Å².